The molecular weight excluding hydrogens is 216 g/mol. The number of rotatable bonds is 3. The first-order valence-electron chi connectivity index (χ1n) is 5.11. The molecule has 0 bridgehead atoms. The van der Waals surface area contributed by atoms with Gasteiger partial charge in [0.1, 0.15) is 13.2 Å². The number of hydrogen-bond acceptors (Lipinski definition) is 3. The Kier molecular flexibility index (Phi) is 3.12. The van der Waals surface area contributed by atoms with Crippen molar-refractivity contribution < 1.29 is 18.3 Å². The van der Waals surface area contributed by atoms with E-state index in [4.69, 9.17) is 9.47 Å². The summed E-state index contributed by atoms with van der Waals surface area (Å²) in [6, 6.07) is 4.21. The van der Waals surface area contributed by atoms with Crippen LogP contribution >= 0.6 is 0 Å². The second kappa shape index (κ2) is 4.55. The molecule has 0 saturated carbocycles. The van der Waals surface area contributed by atoms with Gasteiger partial charge < -0.3 is 14.8 Å². The van der Waals surface area contributed by atoms with Crippen molar-refractivity contribution in [2.75, 3.05) is 18.5 Å². The Balaban J connectivity index is 2.11. The minimum absolute atomic E-state index is 0.487. The summed E-state index contributed by atoms with van der Waals surface area (Å²) in [6.45, 7) is 2.44. The maximum absolute atomic E-state index is 12.3. The third-order valence-electron chi connectivity index (χ3n) is 2.31. The number of benzene rings is 1. The van der Waals surface area contributed by atoms with Crippen LogP contribution in [-0.4, -0.2) is 25.7 Å². The van der Waals surface area contributed by atoms with Crippen LogP contribution in [0.1, 0.15) is 6.92 Å². The van der Waals surface area contributed by atoms with Crippen LogP contribution in [0.25, 0.3) is 0 Å². The predicted octanol–water partition coefficient (Wildman–Crippen LogP) is 2.52. The van der Waals surface area contributed by atoms with Crippen molar-refractivity contribution in [1.29, 1.82) is 0 Å². The Morgan fingerprint density at radius 2 is 1.88 bits per heavy atom. The van der Waals surface area contributed by atoms with Crippen molar-refractivity contribution >= 4 is 5.69 Å². The third kappa shape index (κ3) is 2.35. The smallest absolute Gasteiger partial charge is 0.258 e. The number of anilines is 1. The minimum atomic E-state index is -2.40. The molecule has 1 N–H and O–H groups in total. The molecule has 0 saturated heterocycles. The van der Waals surface area contributed by atoms with E-state index in [0.29, 0.717) is 30.4 Å². The Hall–Kier alpha value is -1.52. The van der Waals surface area contributed by atoms with Crippen molar-refractivity contribution in [1.82, 2.24) is 0 Å². The van der Waals surface area contributed by atoms with E-state index in [2.05, 4.69) is 5.32 Å². The molecule has 0 aliphatic carbocycles. The minimum Gasteiger partial charge on any atom is -0.486 e. The number of fused-ring (bicyclic) bond motifs is 1. The van der Waals surface area contributed by atoms with Crippen molar-refractivity contribution in [2.24, 2.45) is 0 Å². The molecule has 1 aliphatic rings. The van der Waals surface area contributed by atoms with Crippen molar-refractivity contribution in [3.63, 3.8) is 0 Å². The van der Waals surface area contributed by atoms with Crippen LogP contribution in [0.2, 0.25) is 0 Å². The lowest BCUT2D eigenvalue weighted by atomic mass is 10.2. The van der Waals surface area contributed by atoms with E-state index in [-0.39, 0.29) is 0 Å². The molecule has 0 amide bonds. The molecule has 1 atom stereocenters. The molecule has 0 fully saturated rings. The van der Waals surface area contributed by atoms with Crippen LogP contribution in [0.3, 0.4) is 0 Å². The quantitative estimate of drug-likeness (QED) is 0.863. The van der Waals surface area contributed by atoms with Crippen molar-refractivity contribution in [2.45, 2.75) is 19.4 Å². The molecule has 88 valence electrons. The third-order valence-corrected chi connectivity index (χ3v) is 2.31. The molecule has 1 aromatic carbocycles. The highest BCUT2D eigenvalue weighted by atomic mass is 19.3. The fourth-order valence-electron chi connectivity index (χ4n) is 1.46. The number of nitrogens with one attached hydrogen (secondary N) is 1. The average molecular weight is 229 g/mol. The molecule has 0 aromatic heterocycles. The van der Waals surface area contributed by atoms with Crippen LogP contribution in [-0.2, 0) is 0 Å². The summed E-state index contributed by atoms with van der Waals surface area (Å²) in [5, 5.41) is 2.71. The van der Waals surface area contributed by atoms with Crippen molar-refractivity contribution in [3.8, 4) is 11.5 Å². The Morgan fingerprint density at radius 1 is 1.19 bits per heavy atom. The first kappa shape index (κ1) is 11.0. The Morgan fingerprint density at radius 3 is 2.56 bits per heavy atom. The van der Waals surface area contributed by atoms with Crippen LogP contribution in [0.5, 0.6) is 11.5 Å². The normalized spacial score (nSPS) is 16.0. The zero-order valence-electron chi connectivity index (χ0n) is 8.87. The van der Waals surface area contributed by atoms with Gasteiger partial charge >= 0.3 is 0 Å². The summed E-state index contributed by atoms with van der Waals surface area (Å²) in [5.41, 5.74) is 0.608. The SMILES string of the molecule is CC(Nc1ccc2c(c1)OCCO2)C(F)F. The Labute approximate surface area is 92.4 Å². The predicted molar refractivity (Wildman–Crippen MR) is 56.5 cm³/mol. The largest absolute Gasteiger partial charge is 0.486 e. The lowest BCUT2D eigenvalue weighted by molar-refractivity contribution is 0.130. The van der Waals surface area contributed by atoms with E-state index in [1.165, 1.54) is 6.92 Å². The van der Waals surface area contributed by atoms with Gasteiger partial charge in [0.05, 0.1) is 6.04 Å². The molecule has 0 radical (unpaired) electrons. The maximum Gasteiger partial charge on any atom is 0.258 e. The van der Waals surface area contributed by atoms with Gasteiger partial charge in [-0.15, -0.1) is 0 Å². The number of hydrogen-bond donors (Lipinski definition) is 1. The maximum atomic E-state index is 12.3. The lowest BCUT2D eigenvalue weighted by Gasteiger charge is -2.20. The summed E-state index contributed by atoms with van der Waals surface area (Å²) >= 11 is 0. The molecule has 1 aliphatic heterocycles. The van der Waals surface area contributed by atoms with Gasteiger partial charge in [-0.1, -0.05) is 0 Å². The first-order valence-corrected chi connectivity index (χ1v) is 5.11. The van der Waals surface area contributed by atoms with Crippen LogP contribution < -0.4 is 14.8 Å². The molecular formula is C11H13F2NO2. The zero-order chi connectivity index (χ0) is 11.5. The van der Waals surface area contributed by atoms with E-state index in [1.807, 2.05) is 0 Å². The molecule has 3 nitrogen and oxygen atoms in total. The van der Waals surface area contributed by atoms with Crippen LogP contribution in [0, 0.1) is 0 Å². The van der Waals surface area contributed by atoms with Gasteiger partial charge in [-0.05, 0) is 19.1 Å². The standard InChI is InChI=1S/C11H13F2NO2/c1-7(11(12)13)14-8-2-3-9-10(6-8)16-5-4-15-9/h2-3,6-7,11,14H,4-5H2,1H3. The molecule has 0 spiro atoms. The summed E-state index contributed by atoms with van der Waals surface area (Å²) < 4.78 is 35.4. The molecule has 1 heterocycles. The summed E-state index contributed by atoms with van der Waals surface area (Å²) in [5.74, 6) is 1.25. The van der Waals surface area contributed by atoms with Gasteiger partial charge in [-0.2, -0.15) is 0 Å². The number of alkyl halides is 2. The molecule has 5 heteroatoms. The van der Waals surface area contributed by atoms with E-state index in [9.17, 15) is 8.78 Å². The fraction of sp³-hybridized carbons (Fsp3) is 0.455. The molecule has 1 aromatic rings. The van der Waals surface area contributed by atoms with Crippen LogP contribution in [0.4, 0.5) is 14.5 Å². The molecule has 2 rings (SSSR count). The fourth-order valence-corrected chi connectivity index (χ4v) is 1.46. The highest BCUT2D eigenvalue weighted by molar-refractivity contribution is 5.55. The highest BCUT2D eigenvalue weighted by Crippen LogP contribution is 2.32. The highest BCUT2D eigenvalue weighted by Gasteiger charge is 2.16. The van der Waals surface area contributed by atoms with Crippen LogP contribution in [0.15, 0.2) is 18.2 Å². The van der Waals surface area contributed by atoms with Gasteiger partial charge in [0, 0.05) is 11.8 Å². The monoisotopic (exact) mass is 229 g/mol. The number of halogens is 2. The average Bonchev–Trinajstić information content (AvgIpc) is 2.28. The van der Waals surface area contributed by atoms with Gasteiger partial charge in [-0.3, -0.25) is 0 Å². The summed E-state index contributed by atoms with van der Waals surface area (Å²) in [7, 11) is 0. The van der Waals surface area contributed by atoms with E-state index >= 15 is 0 Å². The van der Waals surface area contributed by atoms with Gasteiger partial charge in [0.25, 0.3) is 6.43 Å². The van der Waals surface area contributed by atoms with E-state index < -0.39 is 12.5 Å². The van der Waals surface area contributed by atoms with E-state index in [0.717, 1.165) is 0 Å². The summed E-state index contributed by atoms with van der Waals surface area (Å²) in [4.78, 5) is 0. The topological polar surface area (TPSA) is 30.5 Å². The molecule has 1 unspecified atom stereocenters. The summed E-state index contributed by atoms with van der Waals surface area (Å²) in [6.07, 6.45) is -2.40. The van der Waals surface area contributed by atoms with Gasteiger partial charge in [-0.25, -0.2) is 8.78 Å². The lowest BCUT2D eigenvalue weighted by Crippen LogP contribution is -2.24. The van der Waals surface area contributed by atoms with Gasteiger partial charge in [0.2, 0.25) is 0 Å². The Bertz CT molecular complexity index is 371. The second-order valence-electron chi connectivity index (χ2n) is 3.63. The second-order valence-corrected chi connectivity index (χ2v) is 3.63. The molecule has 16 heavy (non-hydrogen) atoms. The number of ether oxygens (including phenoxy) is 2. The zero-order valence-corrected chi connectivity index (χ0v) is 8.87. The van der Waals surface area contributed by atoms with Crippen molar-refractivity contribution in [3.05, 3.63) is 18.2 Å². The van der Waals surface area contributed by atoms with E-state index in [1.54, 1.807) is 18.2 Å². The first-order chi connectivity index (χ1) is 7.66. The van der Waals surface area contributed by atoms with Gasteiger partial charge in [0.15, 0.2) is 11.5 Å².